The molecule has 0 aliphatic carbocycles. The molecule has 0 aromatic carbocycles. The van der Waals surface area contributed by atoms with Gasteiger partial charge in [0.2, 0.25) is 0 Å². The molecule has 5 heteroatoms. The zero-order valence-electron chi connectivity index (χ0n) is 7.49. The van der Waals surface area contributed by atoms with Crippen LogP contribution >= 0.6 is 0 Å². The molecule has 1 heterocycles. The van der Waals surface area contributed by atoms with Gasteiger partial charge in [0, 0.05) is 5.75 Å². The van der Waals surface area contributed by atoms with Crippen molar-refractivity contribution in [2.75, 3.05) is 12.3 Å². The van der Waals surface area contributed by atoms with Crippen LogP contribution in [-0.2, 0) is 10.1 Å². The van der Waals surface area contributed by atoms with E-state index in [-0.39, 0.29) is 5.75 Å². The van der Waals surface area contributed by atoms with Crippen LogP contribution in [0.25, 0.3) is 0 Å². The van der Waals surface area contributed by atoms with Crippen molar-refractivity contribution in [2.45, 2.75) is 13.3 Å². The third-order valence-electron chi connectivity index (χ3n) is 1.09. The molecule has 1 N–H and O–H groups in total. The third kappa shape index (κ3) is 11.1. The summed E-state index contributed by atoms with van der Waals surface area (Å²) in [5.74, 6) is -0.243. The number of hydrogen-bond donors (Lipinski definition) is 1. The number of allylic oxidation sites excluding steroid dienone is 2. The zero-order chi connectivity index (χ0) is 10.2. The summed E-state index contributed by atoms with van der Waals surface area (Å²) in [7, 11) is -3.92. The molecular formula is C8H13NO3S. The summed E-state index contributed by atoms with van der Waals surface area (Å²) in [6, 6.07) is 0. The van der Waals surface area contributed by atoms with E-state index in [4.69, 9.17) is 0 Å². The molecule has 1 rings (SSSR count). The highest BCUT2D eigenvalue weighted by molar-refractivity contribution is 7.85. The second kappa shape index (κ2) is 6.60. The minimum absolute atomic E-state index is 0.243. The maximum absolute atomic E-state index is 9.68. The molecule has 0 unspecified atom stereocenters. The van der Waals surface area contributed by atoms with E-state index in [1.165, 1.54) is 0 Å². The van der Waals surface area contributed by atoms with Crippen LogP contribution in [0.3, 0.4) is 0 Å². The van der Waals surface area contributed by atoms with Crippen LogP contribution in [0.1, 0.15) is 13.3 Å². The summed E-state index contributed by atoms with van der Waals surface area (Å²) in [5.41, 5.74) is 0. The Hall–Kier alpha value is -0.900. The topological polar surface area (TPSA) is 69.2 Å². The summed E-state index contributed by atoms with van der Waals surface area (Å²) < 4.78 is 29.0. The Morgan fingerprint density at radius 2 is 2.31 bits per heavy atom. The average Bonchev–Trinajstić information content (AvgIpc) is 2.06. The lowest BCUT2D eigenvalue weighted by Crippen LogP contribution is -2.05. The van der Waals surface area contributed by atoms with Gasteiger partial charge >= 0.3 is 0 Å². The van der Waals surface area contributed by atoms with E-state index < -0.39 is 10.1 Å². The third-order valence-corrected chi connectivity index (χ3v) is 2.00. The Kier molecular flexibility index (Phi) is 6.14. The molecule has 0 atom stereocenters. The fourth-order valence-corrected chi connectivity index (χ4v) is 1.11. The van der Waals surface area contributed by atoms with E-state index >= 15 is 0 Å². The van der Waals surface area contributed by atoms with Gasteiger partial charge in [-0.25, -0.2) is 8.42 Å². The van der Waals surface area contributed by atoms with Gasteiger partial charge < -0.3 is 9.87 Å². The molecule has 1 aliphatic heterocycles. The van der Waals surface area contributed by atoms with Crippen molar-refractivity contribution >= 4 is 10.1 Å². The van der Waals surface area contributed by atoms with E-state index in [2.05, 4.69) is 11.4 Å². The first kappa shape index (κ1) is 12.1. The highest BCUT2D eigenvalue weighted by Gasteiger charge is 1.87. The highest BCUT2D eigenvalue weighted by Crippen LogP contribution is 1.83. The number of nitrogens with one attached hydrogen (secondary N) is 1. The van der Waals surface area contributed by atoms with Crippen molar-refractivity contribution in [3.8, 4) is 0 Å². The van der Waals surface area contributed by atoms with Crippen molar-refractivity contribution in [1.29, 1.82) is 0 Å². The molecule has 13 heavy (non-hydrogen) atoms. The first-order valence-electron chi connectivity index (χ1n) is 3.96. The lowest BCUT2D eigenvalue weighted by Gasteiger charge is -2.00. The molecule has 0 saturated heterocycles. The van der Waals surface area contributed by atoms with E-state index in [1.807, 2.05) is 12.2 Å². The Morgan fingerprint density at radius 1 is 1.62 bits per heavy atom. The van der Waals surface area contributed by atoms with Crippen LogP contribution in [0.5, 0.6) is 0 Å². The van der Waals surface area contributed by atoms with Crippen LogP contribution in [0, 0.1) is 6.08 Å². The van der Waals surface area contributed by atoms with Crippen LogP contribution in [0.15, 0.2) is 18.4 Å². The van der Waals surface area contributed by atoms with Crippen LogP contribution in [0.4, 0.5) is 0 Å². The van der Waals surface area contributed by atoms with Gasteiger partial charge in [-0.3, -0.25) is 0 Å². The Bertz CT molecular complexity index is 255. The van der Waals surface area contributed by atoms with Crippen LogP contribution < -0.4 is 5.32 Å². The zero-order valence-corrected chi connectivity index (χ0v) is 8.30. The fraction of sp³-hybridized carbons (Fsp3) is 0.500. The molecule has 0 saturated carbocycles. The van der Waals surface area contributed by atoms with E-state index in [1.54, 1.807) is 13.1 Å². The van der Waals surface area contributed by atoms with Crippen LogP contribution in [-0.4, -0.2) is 25.3 Å². The predicted octanol–water partition coefficient (Wildman–Crippen LogP) is 0.404. The molecule has 0 aromatic rings. The molecule has 0 aromatic heterocycles. The molecular weight excluding hydrogens is 190 g/mol. The van der Waals surface area contributed by atoms with Gasteiger partial charge in [-0.2, -0.15) is 0 Å². The summed E-state index contributed by atoms with van der Waals surface area (Å²) in [5, 5.41) is 2.96. The molecule has 0 fully saturated rings. The fourth-order valence-electron chi connectivity index (χ4n) is 0.611. The van der Waals surface area contributed by atoms with Crippen molar-refractivity contribution in [3.05, 3.63) is 24.4 Å². The van der Waals surface area contributed by atoms with Gasteiger partial charge in [-0.15, -0.1) is 0 Å². The normalized spacial score (nSPS) is 13.7. The molecule has 0 bridgehead atoms. The van der Waals surface area contributed by atoms with Crippen molar-refractivity contribution in [1.82, 2.24) is 5.32 Å². The standard InChI is InChI=1S/C5H6N.C3H8O3S/c1-2-4-6-5-3-1;1-2-3-7(4,5)6/h1-2,5-6H,4H2;2-3H2,1H3,(H,4,5,6)/q+1;/p-1. The van der Waals surface area contributed by atoms with E-state index in [0.717, 1.165) is 6.54 Å². The predicted molar refractivity (Wildman–Crippen MR) is 49.8 cm³/mol. The van der Waals surface area contributed by atoms with E-state index in [0.29, 0.717) is 6.42 Å². The highest BCUT2D eigenvalue weighted by atomic mass is 32.2. The van der Waals surface area contributed by atoms with Gasteiger partial charge in [0.25, 0.3) is 0 Å². The van der Waals surface area contributed by atoms with Crippen molar-refractivity contribution in [2.24, 2.45) is 0 Å². The second-order valence-electron chi connectivity index (χ2n) is 2.38. The quantitative estimate of drug-likeness (QED) is 0.521. The molecule has 0 amide bonds. The lowest BCUT2D eigenvalue weighted by molar-refractivity contribution is 0.462. The van der Waals surface area contributed by atoms with Gasteiger partial charge in [0.05, 0.1) is 16.2 Å². The van der Waals surface area contributed by atoms with Crippen LogP contribution in [0.2, 0.25) is 0 Å². The SMILES string of the molecule is CCCS(=O)(=O)[O-].[C+]1=CNCC=C1. The summed E-state index contributed by atoms with van der Waals surface area (Å²) in [6.07, 6.45) is 9.00. The van der Waals surface area contributed by atoms with E-state index in [9.17, 15) is 13.0 Å². The summed E-state index contributed by atoms with van der Waals surface area (Å²) in [6.45, 7) is 2.60. The average molecular weight is 203 g/mol. The molecule has 4 nitrogen and oxygen atoms in total. The van der Waals surface area contributed by atoms with Gasteiger partial charge in [0.1, 0.15) is 18.8 Å². The first-order chi connectivity index (χ1) is 6.06. The number of dihydropyridines is 1. The minimum atomic E-state index is -3.92. The monoisotopic (exact) mass is 203 g/mol. The van der Waals surface area contributed by atoms with Gasteiger partial charge in [-0.1, -0.05) is 6.92 Å². The largest absolute Gasteiger partial charge is 0.748 e. The summed E-state index contributed by atoms with van der Waals surface area (Å²) in [4.78, 5) is 0. The molecule has 74 valence electrons. The minimum Gasteiger partial charge on any atom is -0.748 e. The maximum atomic E-state index is 9.68. The Labute approximate surface area is 79.1 Å². The Morgan fingerprint density at radius 3 is 2.38 bits per heavy atom. The molecule has 0 spiro atoms. The summed E-state index contributed by atoms with van der Waals surface area (Å²) >= 11 is 0. The number of hydrogen-bond acceptors (Lipinski definition) is 4. The first-order valence-corrected chi connectivity index (χ1v) is 5.53. The number of rotatable bonds is 2. The lowest BCUT2D eigenvalue weighted by atomic mass is 10.4. The molecule has 1 aliphatic rings. The van der Waals surface area contributed by atoms with Crippen molar-refractivity contribution in [3.63, 3.8) is 0 Å². The smallest absolute Gasteiger partial charge is 0.158 e. The maximum Gasteiger partial charge on any atom is 0.158 e. The second-order valence-corrected chi connectivity index (χ2v) is 3.91. The van der Waals surface area contributed by atoms with Gasteiger partial charge in [0.15, 0.2) is 6.08 Å². The molecule has 0 radical (unpaired) electrons. The van der Waals surface area contributed by atoms with Gasteiger partial charge in [-0.05, 0) is 6.42 Å². The Balaban J connectivity index is 0.000000223. The van der Waals surface area contributed by atoms with Crippen molar-refractivity contribution < 1.29 is 13.0 Å².